The van der Waals surface area contributed by atoms with Gasteiger partial charge in [0.15, 0.2) is 11.5 Å². The van der Waals surface area contributed by atoms with E-state index >= 15 is 0 Å². The first-order valence-corrected chi connectivity index (χ1v) is 10.2. The van der Waals surface area contributed by atoms with Gasteiger partial charge in [-0.1, -0.05) is 12.8 Å². The minimum absolute atomic E-state index is 0.150. The fourth-order valence-electron chi connectivity index (χ4n) is 3.34. The first-order valence-electron chi connectivity index (χ1n) is 9.42. The van der Waals surface area contributed by atoms with E-state index in [2.05, 4.69) is 0 Å². The van der Waals surface area contributed by atoms with Crippen LogP contribution >= 0.6 is 11.8 Å². The van der Waals surface area contributed by atoms with E-state index in [1.807, 2.05) is 0 Å². The number of thioether (sulfide) groups is 1. The van der Waals surface area contributed by atoms with Gasteiger partial charge >= 0.3 is 0 Å². The highest BCUT2D eigenvalue weighted by Gasteiger charge is 2.37. The third-order valence-corrected chi connectivity index (χ3v) is 5.83. The average molecular weight is 420 g/mol. The van der Waals surface area contributed by atoms with Crippen molar-refractivity contribution in [2.24, 2.45) is 0 Å². The van der Waals surface area contributed by atoms with Crippen molar-refractivity contribution in [2.45, 2.75) is 25.7 Å². The van der Waals surface area contributed by atoms with Crippen LogP contribution in [0.1, 0.15) is 31.2 Å². The molecule has 1 aromatic rings. The Morgan fingerprint density at radius 1 is 1.10 bits per heavy atom. The summed E-state index contributed by atoms with van der Waals surface area (Å²) in [6, 6.07) is 3.07. The number of hydrogen-bond acceptors (Lipinski definition) is 7. The van der Waals surface area contributed by atoms with Crippen molar-refractivity contribution in [3.63, 3.8) is 0 Å². The fraction of sp³-hybridized carbons (Fsp3) is 0.450. The lowest BCUT2D eigenvalue weighted by atomic mass is 10.1. The summed E-state index contributed by atoms with van der Waals surface area (Å²) in [7, 11) is 2.81. The predicted molar refractivity (Wildman–Crippen MR) is 109 cm³/mol. The van der Waals surface area contributed by atoms with Gasteiger partial charge in [-0.05, 0) is 48.4 Å². The van der Waals surface area contributed by atoms with Gasteiger partial charge in [0.2, 0.25) is 11.7 Å². The molecule has 29 heavy (non-hydrogen) atoms. The van der Waals surface area contributed by atoms with Crippen LogP contribution in [0.15, 0.2) is 17.0 Å². The molecule has 9 heteroatoms. The van der Waals surface area contributed by atoms with Crippen LogP contribution in [0.3, 0.4) is 0 Å². The van der Waals surface area contributed by atoms with Crippen LogP contribution < -0.4 is 9.47 Å². The SMILES string of the molecule is COc1cc(/C=C2\SC(=O)N(CC(=O)N3CCCCCC3)C2=O)cc(OC)c1O. The molecule has 0 atom stereocenters. The van der Waals surface area contributed by atoms with E-state index in [0.29, 0.717) is 18.7 Å². The van der Waals surface area contributed by atoms with Crippen molar-refractivity contribution in [2.75, 3.05) is 33.9 Å². The second kappa shape index (κ2) is 9.21. The summed E-state index contributed by atoms with van der Waals surface area (Å²) in [6.45, 7) is 1.08. The Hall–Kier alpha value is -2.68. The van der Waals surface area contributed by atoms with Crippen molar-refractivity contribution in [1.82, 2.24) is 9.80 Å². The molecular formula is C20H24N2O6S. The van der Waals surface area contributed by atoms with Crippen LogP contribution in [0, 0.1) is 0 Å². The van der Waals surface area contributed by atoms with E-state index in [0.717, 1.165) is 42.3 Å². The number of phenolic OH excluding ortho intramolecular Hbond substituents is 1. The first-order chi connectivity index (χ1) is 13.9. The molecule has 156 valence electrons. The normalized spacial score (nSPS) is 18.9. The highest BCUT2D eigenvalue weighted by atomic mass is 32.2. The van der Waals surface area contributed by atoms with Crippen LogP contribution in [-0.4, -0.2) is 65.8 Å². The zero-order valence-electron chi connectivity index (χ0n) is 16.5. The molecule has 0 aromatic heterocycles. The van der Waals surface area contributed by atoms with Gasteiger partial charge in [-0.3, -0.25) is 19.3 Å². The molecule has 0 spiro atoms. The summed E-state index contributed by atoms with van der Waals surface area (Å²) in [6.07, 6.45) is 5.59. The van der Waals surface area contributed by atoms with Crippen LogP contribution in [0.4, 0.5) is 4.79 Å². The average Bonchev–Trinajstić information content (AvgIpc) is 2.91. The maximum atomic E-state index is 12.7. The van der Waals surface area contributed by atoms with Gasteiger partial charge in [0, 0.05) is 13.1 Å². The molecule has 0 saturated carbocycles. The number of hydrogen-bond donors (Lipinski definition) is 1. The highest BCUT2D eigenvalue weighted by molar-refractivity contribution is 8.18. The Kier molecular flexibility index (Phi) is 6.68. The number of carbonyl (C=O) groups is 3. The summed E-state index contributed by atoms with van der Waals surface area (Å²) in [4.78, 5) is 40.5. The predicted octanol–water partition coefficient (Wildman–Crippen LogP) is 2.85. The number of likely N-dealkylation sites (tertiary alicyclic amines) is 1. The molecule has 0 radical (unpaired) electrons. The number of methoxy groups -OCH3 is 2. The number of phenols is 1. The van der Waals surface area contributed by atoms with Crippen LogP contribution in [0.25, 0.3) is 6.08 Å². The summed E-state index contributed by atoms with van der Waals surface area (Å²) < 4.78 is 10.2. The van der Waals surface area contributed by atoms with Crippen molar-refractivity contribution >= 4 is 34.9 Å². The maximum Gasteiger partial charge on any atom is 0.294 e. The number of amides is 3. The summed E-state index contributed by atoms with van der Waals surface area (Å²) in [5.41, 5.74) is 0.529. The zero-order valence-corrected chi connectivity index (χ0v) is 17.3. The molecule has 8 nitrogen and oxygen atoms in total. The monoisotopic (exact) mass is 420 g/mol. The Morgan fingerprint density at radius 3 is 2.24 bits per heavy atom. The molecule has 0 aliphatic carbocycles. The van der Waals surface area contributed by atoms with E-state index < -0.39 is 11.1 Å². The Morgan fingerprint density at radius 2 is 1.69 bits per heavy atom. The minimum atomic E-state index is -0.505. The first kappa shape index (κ1) is 21.0. The third-order valence-electron chi connectivity index (χ3n) is 4.93. The quantitative estimate of drug-likeness (QED) is 0.732. The van der Waals surface area contributed by atoms with Crippen LogP contribution in [0.5, 0.6) is 17.2 Å². The Labute approximate surface area is 173 Å². The van der Waals surface area contributed by atoms with Gasteiger partial charge in [0.1, 0.15) is 6.54 Å². The molecule has 1 N–H and O–H groups in total. The number of nitrogens with zero attached hydrogens (tertiary/aromatic N) is 2. The maximum absolute atomic E-state index is 12.7. The lowest BCUT2D eigenvalue weighted by Crippen LogP contribution is -2.42. The molecule has 2 aliphatic heterocycles. The van der Waals surface area contributed by atoms with Crippen molar-refractivity contribution in [3.05, 3.63) is 22.6 Å². The topological polar surface area (TPSA) is 96.4 Å². The molecule has 3 amide bonds. The van der Waals surface area contributed by atoms with Crippen molar-refractivity contribution < 1.29 is 29.0 Å². The third kappa shape index (κ3) is 4.67. The van der Waals surface area contributed by atoms with Crippen molar-refractivity contribution in [1.29, 1.82) is 0 Å². The molecule has 1 aromatic carbocycles. The second-order valence-corrected chi connectivity index (χ2v) is 7.83. The summed E-state index contributed by atoms with van der Waals surface area (Å²) >= 11 is 0.784. The van der Waals surface area contributed by atoms with E-state index in [1.165, 1.54) is 32.4 Å². The number of ether oxygens (including phenoxy) is 2. The van der Waals surface area contributed by atoms with Crippen molar-refractivity contribution in [3.8, 4) is 17.2 Å². The zero-order chi connectivity index (χ0) is 21.0. The molecule has 2 aliphatic rings. The molecule has 2 saturated heterocycles. The van der Waals surface area contributed by atoms with Gasteiger partial charge in [-0.15, -0.1) is 0 Å². The fourth-order valence-corrected chi connectivity index (χ4v) is 4.18. The number of benzene rings is 1. The van der Waals surface area contributed by atoms with E-state index in [4.69, 9.17) is 9.47 Å². The standard InChI is InChI=1S/C20H24N2O6S/c1-27-14-9-13(10-15(28-2)18(14)24)11-16-19(25)22(20(26)29-16)12-17(23)21-7-5-3-4-6-8-21/h9-11,24H,3-8,12H2,1-2H3/b16-11-. The molecule has 2 fully saturated rings. The minimum Gasteiger partial charge on any atom is -0.502 e. The smallest absolute Gasteiger partial charge is 0.294 e. The number of rotatable bonds is 5. The molecular weight excluding hydrogens is 396 g/mol. The van der Waals surface area contributed by atoms with Gasteiger partial charge < -0.3 is 19.5 Å². The largest absolute Gasteiger partial charge is 0.502 e. The number of imide groups is 1. The second-order valence-electron chi connectivity index (χ2n) is 6.84. The van der Waals surface area contributed by atoms with Gasteiger partial charge in [0.25, 0.3) is 11.1 Å². The van der Waals surface area contributed by atoms with E-state index in [9.17, 15) is 19.5 Å². The molecule has 0 bridgehead atoms. The van der Waals surface area contributed by atoms with Gasteiger partial charge in [0.05, 0.1) is 19.1 Å². The number of aromatic hydroxyl groups is 1. The Bertz CT molecular complexity index is 820. The lowest BCUT2D eigenvalue weighted by molar-refractivity contribution is -0.135. The molecule has 3 rings (SSSR count). The van der Waals surface area contributed by atoms with Gasteiger partial charge in [-0.25, -0.2) is 0 Å². The molecule has 0 unspecified atom stereocenters. The van der Waals surface area contributed by atoms with E-state index in [-0.39, 0.29) is 34.6 Å². The lowest BCUT2D eigenvalue weighted by Gasteiger charge is -2.22. The number of carbonyl (C=O) groups excluding carboxylic acids is 3. The Balaban J connectivity index is 1.77. The molecule has 2 heterocycles. The van der Waals surface area contributed by atoms with Crippen LogP contribution in [-0.2, 0) is 9.59 Å². The van der Waals surface area contributed by atoms with E-state index in [1.54, 1.807) is 4.90 Å². The summed E-state index contributed by atoms with van der Waals surface area (Å²) in [5.74, 6) is -0.488. The van der Waals surface area contributed by atoms with Crippen LogP contribution in [0.2, 0.25) is 0 Å². The highest BCUT2D eigenvalue weighted by Crippen LogP contribution is 2.39. The summed E-state index contributed by atoms with van der Waals surface area (Å²) in [5, 5.41) is 9.54. The van der Waals surface area contributed by atoms with Gasteiger partial charge in [-0.2, -0.15) is 0 Å².